The largest absolute Gasteiger partial charge is 0.438 e. The van der Waals surface area contributed by atoms with Crippen molar-refractivity contribution in [2.75, 3.05) is 13.2 Å². The molecule has 1 saturated heterocycles. The minimum absolute atomic E-state index is 0.00746. The molecule has 1 aliphatic heterocycles. The van der Waals surface area contributed by atoms with Crippen LogP contribution in [0.5, 0.6) is 11.6 Å². The van der Waals surface area contributed by atoms with Gasteiger partial charge in [-0.25, -0.2) is 0 Å². The van der Waals surface area contributed by atoms with Crippen LogP contribution in [0.25, 0.3) is 0 Å². The lowest BCUT2D eigenvalue weighted by Crippen LogP contribution is -2.39. The second-order valence-corrected chi connectivity index (χ2v) is 5.74. The van der Waals surface area contributed by atoms with E-state index in [1.54, 1.807) is 0 Å². The molecule has 138 valence electrons. The van der Waals surface area contributed by atoms with Crippen LogP contribution in [0.3, 0.4) is 0 Å². The lowest BCUT2D eigenvalue weighted by Gasteiger charge is -2.22. The van der Waals surface area contributed by atoms with Crippen molar-refractivity contribution < 1.29 is 27.4 Å². The van der Waals surface area contributed by atoms with Crippen molar-refractivity contribution in [1.82, 2.24) is 15.5 Å². The Balaban J connectivity index is 1.63. The number of alkyl halides is 3. The fraction of sp³-hybridized carbons (Fsp3) is 0.353. The highest BCUT2D eigenvalue weighted by atomic mass is 19.4. The zero-order valence-corrected chi connectivity index (χ0v) is 13.6. The number of nitrogens with one attached hydrogen (secondary N) is 1. The van der Waals surface area contributed by atoms with Crippen molar-refractivity contribution in [3.8, 4) is 11.6 Å². The summed E-state index contributed by atoms with van der Waals surface area (Å²) in [6.45, 7) is 1.20. The highest BCUT2D eigenvalue weighted by molar-refractivity contribution is 5.92. The second kappa shape index (κ2) is 7.69. The number of ether oxygens (including phenoxy) is 2. The zero-order valence-electron chi connectivity index (χ0n) is 13.6. The van der Waals surface area contributed by atoms with Gasteiger partial charge in [0.05, 0.1) is 5.56 Å². The Kier molecular flexibility index (Phi) is 5.36. The summed E-state index contributed by atoms with van der Waals surface area (Å²) in [6.07, 6.45) is -3.00. The number of carbonyl (C=O) groups excluding carboxylic acids is 1. The summed E-state index contributed by atoms with van der Waals surface area (Å²) in [5, 5.41) is 10.4. The Morgan fingerprint density at radius 1 is 1.15 bits per heavy atom. The molecule has 3 rings (SSSR count). The summed E-state index contributed by atoms with van der Waals surface area (Å²) < 4.78 is 48.6. The molecule has 0 spiro atoms. The van der Waals surface area contributed by atoms with Gasteiger partial charge in [0, 0.05) is 25.3 Å². The normalized spacial score (nSPS) is 15.5. The van der Waals surface area contributed by atoms with Crippen LogP contribution in [0.4, 0.5) is 13.2 Å². The Morgan fingerprint density at radius 2 is 1.92 bits per heavy atom. The van der Waals surface area contributed by atoms with Gasteiger partial charge in [0.2, 0.25) is 5.88 Å². The van der Waals surface area contributed by atoms with Crippen molar-refractivity contribution in [2.45, 2.75) is 25.1 Å². The van der Waals surface area contributed by atoms with Crippen LogP contribution in [0.2, 0.25) is 0 Å². The molecule has 1 fully saturated rings. The van der Waals surface area contributed by atoms with Crippen molar-refractivity contribution in [1.29, 1.82) is 0 Å². The third kappa shape index (κ3) is 4.69. The summed E-state index contributed by atoms with van der Waals surface area (Å²) in [5.41, 5.74) is -0.719. The first-order valence-electron chi connectivity index (χ1n) is 7.99. The van der Waals surface area contributed by atoms with Gasteiger partial charge < -0.3 is 14.8 Å². The van der Waals surface area contributed by atoms with E-state index >= 15 is 0 Å². The molecule has 0 aliphatic carbocycles. The molecule has 0 unspecified atom stereocenters. The molecule has 2 aromatic rings. The summed E-state index contributed by atoms with van der Waals surface area (Å²) in [4.78, 5) is 12.1. The Bertz CT molecular complexity index is 760. The van der Waals surface area contributed by atoms with Gasteiger partial charge in [-0.2, -0.15) is 13.2 Å². The van der Waals surface area contributed by atoms with Crippen molar-refractivity contribution in [3.05, 3.63) is 47.7 Å². The second-order valence-electron chi connectivity index (χ2n) is 5.74. The van der Waals surface area contributed by atoms with E-state index in [1.165, 1.54) is 24.3 Å². The summed E-state index contributed by atoms with van der Waals surface area (Å²) in [5.74, 6) is -0.393. The molecule has 26 heavy (non-hydrogen) atoms. The number of carbonyl (C=O) groups is 1. The van der Waals surface area contributed by atoms with Crippen LogP contribution in [0, 0.1) is 0 Å². The number of hydrogen-bond donors (Lipinski definition) is 1. The van der Waals surface area contributed by atoms with E-state index in [9.17, 15) is 18.0 Å². The predicted octanol–water partition coefficient (Wildman–Crippen LogP) is 3.20. The number of halogens is 3. The van der Waals surface area contributed by atoms with E-state index in [-0.39, 0.29) is 29.3 Å². The lowest BCUT2D eigenvalue weighted by atomic mass is 10.1. The molecule has 2 heterocycles. The maximum atomic E-state index is 12.7. The minimum atomic E-state index is -4.46. The lowest BCUT2D eigenvalue weighted by molar-refractivity contribution is -0.137. The molecule has 0 bridgehead atoms. The molecular formula is C17H16F3N3O3. The van der Waals surface area contributed by atoms with Crippen molar-refractivity contribution in [2.24, 2.45) is 0 Å². The fourth-order valence-electron chi connectivity index (χ4n) is 2.45. The highest BCUT2D eigenvalue weighted by Gasteiger charge is 2.30. The summed E-state index contributed by atoms with van der Waals surface area (Å²) >= 11 is 0. The Labute approximate surface area is 147 Å². The minimum Gasteiger partial charge on any atom is -0.438 e. The quantitative estimate of drug-likeness (QED) is 0.898. The van der Waals surface area contributed by atoms with Gasteiger partial charge in [-0.1, -0.05) is 6.07 Å². The first-order valence-corrected chi connectivity index (χ1v) is 7.99. The van der Waals surface area contributed by atoms with E-state index in [0.29, 0.717) is 13.2 Å². The topological polar surface area (TPSA) is 73.3 Å². The summed E-state index contributed by atoms with van der Waals surface area (Å²) in [7, 11) is 0. The molecule has 1 N–H and O–H groups in total. The molecule has 1 amide bonds. The number of amides is 1. The standard InChI is InChI=1S/C17H16F3N3O3/c18-17(19,20)11-2-1-3-13(10-11)26-15-5-4-14(22-23-15)16(24)21-12-6-8-25-9-7-12/h1-5,10,12H,6-9H2,(H,21,24). The van der Waals surface area contributed by atoms with Gasteiger partial charge in [0.25, 0.3) is 5.91 Å². The third-order valence-corrected chi connectivity index (χ3v) is 3.81. The van der Waals surface area contributed by atoms with Crippen molar-refractivity contribution >= 4 is 5.91 Å². The monoisotopic (exact) mass is 367 g/mol. The molecule has 9 heteroatoms. The molecule has 0 radical (unpaired) electrons. The van der Waals surface area contributed by atoms with Crippen LogP contribution in [-0.4, -0.2) is 35.4 Å². The first kappa shape index (κ1) is 18.1. The number of hydrogen-bond acceptors (Lipinski definition) is 5. The highest BCUT2D eigenvalue weighted by Crippen LogP contribution is 2.32. The number of nitrogens with zero attached hydrogens (tertiary/aromatic N) is 2. The predicted molar refractivity (Wildman–Crippen MR) is 84.9 cm³/mol. The number of rotatable bonds is 4. The molecule has 1 aromatic carbocycles. The molecule has 0 saturated carbocycles. The van der Waals surface area contributed by atoms with E-state index in [2.05, 4.69) is 15.5 Å². The van der Waals surface area contributed by atoms with Crippen LogP contribution in [0.1, 0.15) is 28.9 Å². The summed E-state index contributed by atoms with van der Waals surface area (Å²) in [6, 6.07) is 7.25. The Hall–Kier alpha value is -2.68. The van der Waals surface area contributed by atoms with E-state index in [0.717, 1.165) is 25.0 Å². The first-order chi connectivity index (χ1) is 12.4. The maximum Gasteiger partial charge on any atom is 0.416 e. The zero-order chi connectivity index (χ0) is 18.6. The van der Waals surface area contributed by atoms with E-state index < -0.39 is 11.7 Å². The van der Waals surface area contributed by atoms with Gasteiger partial charge in [-0.05, 0) is 37.1 Å². The van der Waals surface area contributed by atoms with Crippen LogP contribution < -0.4 is 10.1 Å². The average molecular weight is 367 g/mol. The van der Waals surface area contributed by atoms with E-state index in [4.69, 9.17) is 9.47 Å². The molecule has 0 atom stereocenters. The Morgan fingerprint density at radius 3 is 2.58 bits per heavy atom. The van der Waals surface area contributed by atoms with Crippen LogP contribution >= 0.6 is 0 Å². The maximum absolute atomic E-state index is 12.7. The van der Waals surface area contributed by atoms with Gasteiger partial charge in [0.15, 0.2) is 5.69 Å². The van der Waals surface area contributed by atoms with Gasteiger partial charge in [-0.15, -0.1) is 10.2 Å². The van der Waals surface area contributed by atoms with Gasteiger partial charge >= 0.3 is 6.18 Å². The molecular weight excluding hydrogens is 351 g/mol. The SMILES string of the molecule is O=C(NC1CCOCC1)c1ccc(Oc2cccc(C(F)(F)F)c2)nn1. The molecule has 1 aliphatic rings. The number of benzene rings is 1. The smallest absolute Gasteiger partial charge is 0.416 e. The molecule has 1 aromatic heterocycles. The van der Waals surface area contributed by atoms with Crippen molar-refractivity contribution in [3.63, 3.8) is 0 Å². The van der Waals surface area contributed by atoms with E-state index in [1.807, 2.05) is 0 Å². The third-order valence-electron chi connectivity index (χ3n) is 3.81. The fourth-order valence-corrected chi connectivity index (χ4v) is 2.45. The van der Waals surface area contributed by atoms with Crippen LogP contribution in [-0.2, 0) is 10.9 Å². The van der Waals surface area contributed by atoms with Crippen LogP contribution in [0.15, 0.2) is 36.4 Å². The van der Waals surface area contributed by atoms with Gasteiger partial charge in [0.1, 0.15) is 5.75 Å². The number of aromatic nitrogens is 2. The van der Waals surface area contributed by atoms with Gasteiger partial charge in [-0.3, -0.25) is 4.79 Å². The average Bonchev–Trinajstić information content (AvgIpc) is 2.63. The molecule has 6 nitrogen and oxygen atoms in total.